The summed E-state index contributed by atoms with van der Waals surface area (Å²) in [6.45, 7) is 0. The van der Waals surface area contributed by atoms with Gasteiger partial charge in [-0.2, -0.15) is 5.10 Å². The number of carbonyl (C=O) groups is 2. The van der Waals surface area contributed by atoms with Gasteiger partial charge in [-0.3, -0.25) is 14.8 Å². The second kappa shape index (κ2) is 7.14. The molecule has 1 aromatic heterocycles. The molecule has 1 atom stereocenters. The van der Waals surface area contributed by atoms with E-state index in [1.54, 1.807) is 41.3 Å². The SMILES string of the molecule is O=C(O)c1ccc(N2C(=O)c3[nH]nc(-c4ccccc4)c3C2c2ccc(O)cc2)cc1. The third-order valence-electron chi connectivity index (χ3n) is 5.42. The number of benzene rings is 3. The van der Waals surface area contributed by atoms with Crippen LogP contribution in [-0.4, -0.2) is 32.3 Å². The molecule has 152 valence electrons. The van der Waals surface area contributed by atoms with Crippen LogP contribution in [0.3, 0.4) is 0 Å². The van der Waals surface area contributed by atoms with Crippen molar-refractivity contribution >= 4 is 17.6 Å². The lowest BCUT2D eigenvalue weighted by Crippen LogP contribution is -2.29. The number of carboxylic acids is 1. The molecule has 2 heterocycles. The van der Waals surface area contributed by atoms with Gasteiger partial charge in [0.25, 0.3) is 5.91 Å². The number of phenolic OH excluding ortho intramolecular Hbond substituents is 1. The van der Waals surface area contributed by atoms with Crippen LogP contribution in [0.15, 0.2) is 78.9 Å². The lowest BCUT2D eigenvalue weighted by molar-refractivity contribution is 0.0696. The molecule has 0 fully saturated rings. The molecule has 0 saturated carbocycles. The van der Waals surface area contributed by atoms with Crippen LogP contribution >= 0.6 is 0 Å². The van der Waals surface area contributed by atoms with Gasteiger partial charge in [-0.05, 0) is 42.0 Å². The van der Waals surface area contributed by atoms with Crippen LogP contribution in [0.1, 0.15) is 38.0 Å². The fourth-order valence-corrected chi connectivity index (χ4v) is 3.97. The Kier molecular flexibility index (Phi) is 4.29. The highest BCUT2D eigenvalue weighted by molar-refractivity contribution is 6.11. The van der Waals surface area contributed by atoms with E-state index in [-0.39, 0.29) is 17.2 Å². The number of anilines is 1. The molecule has 1 aliphatic heterocycles. The first-order valence-corrected chi connectivity index (χ1v) is 9.64. The second-order valence-corrected chi connectivity index (χ2v) is 7.25. The predicted octanol–water partition coefficient (Wildman–Crippen LogP) is 4.23. The van der Waals surface area contributed by atoms with Crippen LogP contribution in [0.25, 0.3) is 11.3 Å². The van der Waals surface area contributed by atoms with Crippen molar-refractivity contribution in [2.24, 2.45) is 0 Å². The van der Waals surface area contributed by atoms with Crippen LogP contribution in [0, 0.1) is 0 Å². The van der Waals surface area contributed by atoms with Crippen molar-refractivity contribution in [3.63, 3.8) is 0 Å². The number of phenols is 1. The minimum absolute atomic E-state index is 0.126. The first-order chi connectivity index (χ1) is 15.0. The molecule has 1 unspecified atom stereocenters. The summed E-state index contributed by atoms with van der Waals surface area (Å²) in [5.41, 5.74) is 4.18. The van der Waals surface area contributed by atoms with E-state index < -0.39 is 12.0 Å². The Morgan fingerprint density at radius 2 is 1.61 bits per heavy atom. The van der Waals surface area contributed by atoms with E-state index in [1.807, 2.05) is 30.3 Å². The van der Waals surface area contributed by atoms with Gasteiger partial charge in [-0.1, -0.05) is 42.5 Å². The number of aromatic carboxylic acids is 1. The van der Waals surface area contributed by atoms with Gasteiger partial charge < -0.3 is 10.2 Å². The van der Waals surface area contributed by atoms with Crippen LogP contribution in [0.5, 0.6) is 5.75 Å². The maximum atomic E-state index is 13.4. The molecule has 0 spiro atoms. The predicted molar refractivity (Wildman–Crippen MR) is 114 cm³/mol. The molecule has 7 nitrogen and oxygen atoms in total. The number of aromatic hydroxyl groups is 1. The van der Waals surface area contributed by atoms with Crippen molar-refractivity contribution in [1.29, 1.82) is 0 Å². The van der Waals surface area contributed by atoms with E-state index in [1.165, 1.54) is 12.1 Å². The van der Waals surface area contributed by atoms with Crippen LogP contribution in [0.4, 0.5) is 5.69 Å². The molecule has 3 N–H and O–H groups in total. The Hall–Kier alpha value is -4.39. The van der Waals surface area contributed by atoms with Crippen molar-refractivity contribution in [2.75, 3.05) is 4.90 Å². The Morgan fingerprint density at radius 1 is 0.935 bits per heavy atom. The molecule has 0 radical (unpaired) electrons. The van der Waals surface area contributed by atoms with Gasteiger partial charge in [0.15, 0.2) is 0 Å². The zero-order valence-electron chi connectivity index (χ0n) is 16.2. The van der Waals surface area contributed by atoms with Crippen LogP contribution < -0.4 is 4.90 Å². The third-order valence-corrected chi connectivity index (χ3v) is 5.42. The number of amides is 1. The molecule has 0 bridgehead atoms. The summed E-state index contributed by atoms with van der Waals surface area (Å²) in [7, 11) is 0. The number of rotatable bonds is 4. The van der Waals surface area contributed by atoms with Gasteiger partial charge in [0.05, 0.1) is 17.3 Å². The molecule has 1 aliphatic rings. The number of carboxylic acid groups (broad SMARTS) is 1. The summed E-state index contributed by atoms with van der Waals surface area (Å²) in [6.07, 6.45) is 0. The first kappa shape index (κ1) is 18.6. The zero-order valence-corrected chi connectivity index (χ0v) is 16.2. The Bertz CT molecular complexity index is 1280. The average molecular weight is 411 g/mol. The number of nitrogens with zero attached hydrogens (tertiary/aromatic N) is 2. The molecule has 4 aromatic rings. The number of nitrogens with one attached hydrogen (secondary N) is 1. The van der Waals surface area contributed by atoms with E-state index in [0.717, 1.165) is 16.7 Å². The quantitative estimate of drug-likeness (QED) is 0.466. The Balaban J connectivity index is 1.69. The molecule has 7 heteroatoms. The maximum absolute atomic E-state index is 13.4. The summed E-state index contributed by atoms with van der Waals surface area (Å²) >= 11 is 0. The van der Waals surface area contributed by atoms with Crippen LogP contribution in [0.2, 0.25) is 0 Å². The molecule has 0 saturated heterocycles. The summed E-state index contributed by atoms with van der Waals surface area (Å²) in [5, 5.41) is 26.3. The lowest BCUT2D eigenvalue weighted by Gasteiger charge is -2.26. The molecule has 31 heavy (non-hydrogen) atoms. The summed E-state index contributed by atoms with van der Waals surface area (Å²) < 4.78 is 0. The van der Waals surface area contributed by atoms with E-state index in [4.69, 9.17) is 0 Å². The highest BCUT2D eigenvalue weighted by atomic mass is 16.4. The number of aromatic amines is 1. The van der Waals surface area contributed by atoms with Gasteiger partial charge in [0, 0.05) is 16.8 Å². The molecular weight excluding hydrogens is 394 g/mol. The van der Waals surface area contributed by atoms with Gasteiger partial charge in [0.2, 0.25) is 0 Å². The van der Waals surface area contributed by atoms with Crippen LogP contribution in [-0.2, 0) is 0 Å². The molecule has 0 aliphatic carbocycles. The minimum atomic E-state index is -1.03. The van der Waals surface area contributed by atoms with Crippen molar-refractivity contribution in [1.82, 2.24) is 10.2 Å². The van der Waals surface area contributed by atoms with Gasteiger partial charge >= 0.3 is 5.97 Å². The van der Waals surface area contributed by atoms with E-state index in [0.29, 0.717) is 17.1 Å². The van der Waals surface area contributed by atoms with E-state index >= 15 is 0 Å². The summed E-state index contributed by atoms with van der Waals surface area (Å²) in [5.74, 6) is -1.16. The van der Waals surface area contributed by atoms with E-state index in [9.17, 15) is 19.8 Å². The summed E-state index contributed by atoms with van der Waals surface area (Å²) in [6, 6.07) is 22.0. The van der Waals surface area contributed by atoms with E-state index in [2.05, 4.69) is 10.2 Å². The molecule has 3 aromatic carbocycles. The van der Waals surface area contributed by atoms with Gasteiger partial charge in [-0.15, -0.1) is 0 Å². The summed E-state index contributed by atoms with van der Waals surface area (Å²) in [4.78, 5) is 26.3. The number of carbonyl (C=O) groups excluding carboxylic acids is 1. The normalized spacial score (nSPS) is 15.2. The zero-order chi connectivity index (χ0) is 21.5. The third kappa shape index (κ3) is 3.03. The minimum Gasteiger partial charge on any atom is -0.508 e. The second-order valence-electron chi connectivity index (χ2n) is 7.25. The largest absolute Gasteiger partial charge is 0.508 e. The highest BCUT2D eigenvalue weighted by Crippen LogP contribution is 2.45. The first-order valence-electron chi connectivity index (χ1n) is 9.64. The molecule has 1 amide bonds. The number of hydrogen-bond acceptors (Lipinski definition) is 4. The maximum Gasteiger partial charge on any atom is 0.335 e. The molecule has 5 rings (SSSR count). The van der Waals surface area contributed by atoms with Crippen molar-refractivity contribution < 1.29 is 19.8 Å². The smallest absolute Gasteiger partial charge is 0.335 e. The molecular formula is C24H17N3O4. The number of hydrogen-bond donors (Lipinski definition) is 3. The lowest BCUT2D eigenvalue weighted by atomic mass is 9.95. The Morgan fingerprint density at radius 3 is 2.26 bits per heavy atom. The highest BCUT2D eigenvalue weighted by Gasteiger charge is 2.43. The number of aromatic nitrogens is 2. The fourth-order valence-electron chi connectivity index (χ4n) is 3.97. The average Bonchev–Trinajstić information content (AvgIpc) is 3.34. The standard InChI is InChI=1S/C24H17N3O4/c28-18-12-8-15(9-13-18)22-19-20(14-4-2-1-3-5-14)25-26-21(19)23(29)27(22)17-10-6-16(7-11-17)24(30)31/h1-13,22,28H,(H,25,26)(H,30,31). The monoisotopic (exact) mass is 411 g/mol. The number of fused-ring (bicyclic) bond motifs is 1. The van der Waals surface area contributed by atoms with Gasteiger partial charge in [0.1, 0.15) is 11.4 Å². The van der Waals surface area contributed by atoms with Gasteiger partial charge in [-0.25, -0.2) is 4.79 Å². The van der Waals surface area contributed by atoms with Crippen molar-refractivity contribution in [2.45, 2.75) is 6.04 Å². The van der Waals surface area contributed by atoms with Crippen molar-refractivity contribution in [3.05, 3.63) is 101 Å². The number of H-pyrrole nitrogens is 1. The van der Waals surface area contributed by atoms with Crippen molar-refractivity contribution in [3.8, 4) is 17.0 Å². The Labute approximate surface area is 177 Å². The topological polar surface area (TPSA) is 107 Å². The fraction of sp³-hybridized carbons (Fsp3) is 0.0417.